The molecule has 2 N–H and O–H groups in total. The van der Waals surface area contributed by atoms with E-state index in [9.17, 15) is 4.21 Å². The molecule has 0 bridgehead atoms. The zero-order valence-corrected chi connectivity index (χ0v) is 7.48. The highest BCUT2D eigenvalue weighted by Crippen LogP contribution is 2.55. The van der Waals surface area contributed by atoms with E-state index in [1.807, 2.05) is 0 Å². The smallest absolute Gasteiger partial charge is 0.0888 e. The van der Waals surface area contributed by atoms with E-state index in [-0.39, 0.29) is 0 Å². The summed E-state index contributed by atoms with van der Waals surface area (Å²) < 4.78 is 10.6. The molecule has 0 aromatic rings. The van der Waals surface area contributed by atoms with Crippen LogP contribution in [0.15, 0.2) is 0 Å². The molecule has 0 heterocycles. The van der Waals surface area contributed by atoms with Crippen LogP contribution in [0.1, 0.15) is 25.7 Å². The van der Waals surface area contributed by atoms with Crippen LogP contribution in [0, 0.1) is 17.8 Å². The van der Waals surface area contributed by atoms with Gasteiger partial charge in [0.15, 0.2) is 0 Å². The predicted molar refractivity (Wildman–Crippen MR) is 46.1 cm³/mol. The van der Waals surface area contributed by atoms with Crippen molar-refractivity contribution < 1.29 is 4.21 Å². The first-order chi connectivity index (χ1) is 5.27. The Morgan fingerprint density at radius 1 is 1.45 bits per heavy atom. The van der Waals surface area contributed by atoms with E-state index in [4.69, 9.17) is 5.14 Å². The van der Waals surface area contributed by atoms with Crippen LogP contribution < -0.4 is 5.14 Å². The quantitative estimate of drug-likeness (QED) is 0.678. The monoisotopic (exact) mass is 173 g/mol. The Bertz CT molecular complexity index is 179. The van der Waals surface area contributed by atoms with Crippen molar-refractivity contribution in [2.75, 3.05) is 5.75 Å². The van der Waals surface area contributed by atoms with Gasteiger partial charge in [0.25, 0.3) is 0 Å². The minimum Gasteiger partial charge on any atom is -0.252 e. The topological polar surface area (TPSA) is 43.1 Å². The molecule has 64 valence electrons. The molecule has 0 spiro atoms. The molecule has 1 unspecified atom stereocenters. The molecule has 2 rings (SSSR count). The number of hydrogen-bond acceptors (Lipinski definition) is 1. The minimum absolute atomic E-state index is 0.716. The van der Waals surface area contributed by atoms with Crippen molar-refractivity contribution in [1.82, 2.24) is 0 Å². The molecule has 0 aromatic heterocycles. The van der Waals surface area contributed by atoms with Gasteiger partial charge in [0.05, 0.1) is 11.0 Å². The molecule has 3 atom stereocenters. The van der Waals surface area contributed by atoms with Crippen molar-refractivity contribution in [2.24, 2.45) is 22.9 Å². The van der Waals surface area contributed by atoms with E-state index >= 15 is 0 Å². The summed E-state index contributed by atoms with van der Waals surface area (Å²) in [5, 5.41) is 5.18. The molecule has 0 saturated heterocycles. The highest BCUT2D eigenvalue weighted by molar-refractivity contribution is 7.82. The van der Waals surface area contributed by atoms with Crippen molar-refractivity contribution in [3.05, 3.63) is 0 Å². The zero-order chi connectivity index (χ0) is 7.84. The van der Waals surface area contributed by atoms with Crippen LogP contribution in [0.2, 0.25) is 0 Å². The Morgan fingerprint density at radius 3 is 2.73 bits per heavy atom. The normalized spacial score (nSPS) is 38.6. The van der Waals surface area contributed by atoms with Crippen LogP contribution in [0.4, 0.5) is 0 Å². The lowest BCUT2D eigenvalue weighted by atomic mass is 10.2. The second kappa shape index (κ2) is 2.87. The minimum atomic E-state index is -1.05. The van der Waals surface area contributed by atoms with Gasteiger partial charge in [0, 0.05) is 5.75 Å². The second-order valence-electron chi connectivity index (χ2n) is 3.87. The van der Waals surface area contributed by atoms with Gasteiger partial charge in [-0.1, -0.05) is 0 Å². The highest BCUT2D eigenvalue weighted by atomic mass is 32.2. The van der Waals surface area contributed by atoms with Crippen molar-refractivity contribution >= 4 is 11.0 Å². The zero-order valence-electron chi connectivity index (χ0n) is 6.66. The van der Waals surface area contributed by atoms with Gasteiger partial charge in [-0.05, 0) is 43.4 Å². The van der Waals surface area contributed by atoms with E-state index in [0.29, 0.717) is 5.75 Å². The molecule has 2 saturated carbocycles. The Hall–Kier alpha value is 0.110. The van der Waals surface area contributed by atoms with Crippen LogP contribution >= 0.6 is 0 Å². The molecule has 0 aliphatic heterocycles. The summed E-state index contributed by atoms with van der Waals surface area (Å²) in [6.45, 7) is 0. The Labute approximate surface area is 70.1 Å². The van der Waals surface area contributed by atoms with Gasteiger partial charge >= 0.3 is 0 Å². The van der Waals surface area contributed by atoms with Gasteiger partial charge in [-0.25, -0.2) is 4.21 Å². The maximum absolute atomic E-state index is 10.6. The number of hydrogen-bond donors (Lipinski definition) is 1. The van der Waals surface area contributed by atoms with E-state index in [2.05, 4.69) is 0 Å². The molecule has 0 aromatic carbocycles. The average Bonchev–Trinajstić information content (AvgIpc) is 2.79. The maximum atomic E-state index is 10.6. The van der Waals surface area contributed by atoms with Crippen molar-refractivity contribution in [1.29, 1.82) is 0 Å². The predicted octanol–water partition coefficient (Wildman–Crippen LogP) is 1.04. The summed E-state index contributed by atoms with van der Waals surface area (Å²) in [7, 11) is -1.05. The van der Waals surface area contributed by atoms with Crippen LogP contribution in [0.5, 0.6) is 0 Å². The molecule has 2 aliphatic rings. The van der Waals surface area contributed by atoms with E-state index in [0.717, 1.165) is 24.2 Å². The van der Waals surface area contributed by atoms with Gasteiger partial charge < -0.3 is 0 Å². The second-order valence-corrected chi connectivity index (χ2v) is 5.04. The SMILES string of the molecule is NS(=O)CC[C@@H]1C[C@H]1C1CC1. The summed E-state index contributed by atoms with van der Waals surface area (Å²) >= 11 is 0. The van der Waals surface area contributed by atoms with Crippen LogP contribution in [-0.2, 0) is 11.0 Å². The van der Waals surface area contributed by atoms with Gasteiger partial charge in [0.2, 0.25) is 0 Å². The molecule has 0 radical (unpaired) electrons. The first-order valence-corrected chi connectivity index (χ1v) is 5.78. The highest BCUT2D eigenvalue weighted by Gasteiger charge is 2.46. The lowest BCUT2D eigenvalue weighted by molar-refractivity contribution is 0.613. The first-order valence-electron chi connectivity index (χ1n) is 4.40. The third-order valence-corrected chi connectivity index (χ3v) is 3.53. The molecule has 3 heteroatoms. The fourth-order valence-electron chi connectivity index (χ4n) is 1.97. The molecular weight excluding hydrogens is 158 g/mol. The molecule has 2 fully saturated rings. The van der Waals surface area contributed by atoms with Gasteiger partial charge in [-0.3, -0.25) is 5.14 Å². The molecular formula is C8H15NOS. The fourth-order valence-corrected chi connectivity index (χ4v) is 2.51. The van der Waals surface area contributed by atoms with Gasteiger partial charge in [0.1, 0.15) is 0 Å². The largest absolute Gasteiger partial charge is 0.252 e. The lowest BCUT2D eigenvalue weighted by Gasteiger charge is -1.95. The Balaban J connectivity index is 1.63. The van der Waals surface area contributed by atoms with E-state index < -0.39 is 11.0 Å². The maximum Gasteiger partial charge on any atom is 0.0888 e. The average molecular weight is 173 g/mol. The van der Waals surface area contributed by atoms with Crippen molar-refractivity contribution in [2.45, 2.75) is 25.7 Å². The van der Waals surface area contributed by atoms with Crippen LogP contribution in [-0.4, -0.2) is 9.96 Å². The first kappa shape index (κ1) is 7.74. The van der Waals surface area contributed by atoms with E-state index in [1.54, 1.807) is 0 Å². The summed E-state index contributed by atoms with van der Waals surface area (Å²) in [6.07, 6.45) is 5.39. The van der Waals surface area contributed by atoms with E-state index in [1.165, 1.54) is 19.3 Å². The summed E-state index contributed by atoms with van der Waals surface area (Å²) in [5.41, 5.74) is 0. The van der Waals surface area contributed by atoms with Crippen molar-refractivity contribution in [3.63, 3.8) is 0 Å². The third kappa shape index (κ3) is 2.03. The summed E-state index contributed by atoms with van der Waals surface area (Å²) in [6, 6.07) is 0. The third-order valence-electron chi connectivity index (χ3n) is 2.89. The standard InChI is InChI=1S/C8H15NOS/c9-11(10)4-3-7-5-8(7)6-1-2-6/h6-8H,1-5,9H2/t7-,8+,11?/m1/s1. The lowest BCUT2D eigenvalue weighted by Crippen LogP contribution is -2.08. The van der Waals surface area contributed by atoms with Crippen LogP contribution in [0.25, 0.3) is 0 Å². The van der Waals surface area contributed by atoms with Gasteiger partial charge in [-0.2, -0.15) is 0 Å². The number of rotatable bonds is 4. The Kier molecular flexibility index (Phi) is 2.02. The molecule has 2 nitrogen and oxygen atoms in total. The van der Waals surface area contributed by atoms with Crippen LogP contribution in [0.3, 0.4) is 0 Å². The molecule has 11 heavy (non-hydrogen) atoms. The summed E-state index contributed by atoms with van der Waals surface area (Å²) in [5.74, 6) is 3.65. The van der Waals surface area contributed by atoms with Crippen molar-refractivity contribution in [3.8, 4) is 0 Å². The Morgan fingerprint density at radius 2 is 2.18 bits per heavy atom. The number of nitrogens with two attached hydrogens (primary N) is 1. The molecule has 0 amide bonds. The summed E-state index contributed by atoms with van der Waals surface area (Å²) in [4.78, 5) is 0. The molecule has 2 aliphatic carbocycles. The van der Waals surface area contributed by atoms with Gasteiger partial charge in [-0.15, -0.1) is 0 Å². The fraction of sp³-hybridized carbons (Fsp3) is 1.00.